The number of hydrogen-bond acceptors (Lipinski definition) is 3. The summed E-state index contributed by atoms with van der Waals surface area (Å²) in [5, 5.41) is 2.91. The minimum Gasteiger partial charge on any atom is -0.373 e. The van der Waals surface area contributed by atoms with Crippen LogP contribution in [0, 0.1) is 0 Å². The molecule has 1 saturated carbocycles. The fourth-order valence-electron chi connectivity index (χ4n) is 2.89. The van der Waals surface area contributed by atoms with Crippen LogP contribution in [0.25, 0.3) is 0 Å². The number of benzene rings is 1. The van der Waals surface area contributed by atoms with Gasteiger partial charge in [-0.15, -0.1) is 0 Å². The third kappa shape index (κ3) is 3.94. The van der Waals surface area contributed by atoms with Crippen LogP contribution in [0.2, 0.25) is 0 Å². The average Bonchev–Trinajstić information content (AvgIpc) is 3.40. The average molecular weight is 316 g/mol. The summed E-state index contributed by atoms with van der Waals surface area (Å²) in [5.74, 6) is 0.0790. The van der Waals surface area contributed by atoms with Crippen LogP contribution in [0.1, 0.15) is 12.8 Å². The molecule has 6 heteroatoms. The summed E-state index contributed by atoms with van der Waals surface area (Å²) in [6.07, 6.45) is 2.23. The highest BCUT2D eigenvalue weighted by molar-refractivity contribution is 5.85. The van der Waals surface area contributed by atoms with Gasteiger partial charge in [-0.3, -0.25) is 4.79 Å². The van der Waals surface area contributed by atoms with Gasteiger partial charge in [0.2, 0.25) is 5.91 Å². The topological polar surface area (TPSA) is 55.9 Å². The zero-order valence-corrected chi connectivity index (χ0v) is 13.6. The fraction of sp³-hybridized carbons (Fsp3) is 0.529. The molecule has 23 heavy (non-hydrogen) atoms. The number of urea groups is 1. The number of anilines is 1. The third-order valence-electron chi connectivity index (χ3n) is 4.45. The molecular formula is C17H24N4O2. The molecule has 2 aliphatic rings. The lowest BCUT2D eigenvalue weighted by molar-refractivity contribution is -0.135. The second-order valence-electron chi connectivity index (χ2n) is 6.23. The Kier molecular flexibility index (Phi) is 4.69. The molecule has 124 valence electrons. The summed E-state index contributed by atoms with van der Waals surface area (Å²) in [7, 11) is 2.00. The highest BCUT2D eigenvalue weighted by Gasteiger charge is 2.36. The lowest BCUT2D eigenvalue weighted by Crippen LogP contribution is -2.55. The van der Waals surface area contributed by atoms with E-state index in [0.717, 1.165) is 25.1 Å². The SMILES string of the molecule is CN(CCNC(=O)N1CCN(C2CC2)C(=O)C1)c1ccccc1. The third-order valence-corrected chi connectivity index (χ3v) is 4.45. The van der Waals surface area contributed by atoms with Crippen molar-refractivity contribution in [3.8, 4) is 0 Å². The standard InChI is InChI=1S/C17H24N4O2/c1-19(14-5-3-2-4-6-14)10-9-18-17(23)20-11-12-21(15-7-8-15)16(22)13-20/h2-6,15H,7-13H2,1H3,(H,18,23). The van der Waals surface area contributed by atoms with E-state index >= 15 is 0 Å². The Morgan fingerprint density at radius 3 is 2.65 bits per heavy atom. The molecule has 0 atom stereocenters. The zero-order chi connectivity index (χ0) is 16.2. The Bertz CT molecular complexity index is 559. The molecule has 3 rings (SSSR count). The molecule has 1 aromatic carbocycles. The van der Waals surface area contributed by atoms with E-state index in [-0.39, 0.29) is 18.5 Å². The summed E-state index contributed by atoms with van der Waals surface area (Å²) in [4.78, 5) is 29.9. The monoisotopic (exact) mass is 316 g/mol. The summed E-state index contributed by atoms with van der Waals surface area (Å²) in [5.41, 5.74) is 1.12. The lowest BCUT2D eigenvalue weighted by atomic mass is 10.3. The molecule has 0 unspecified atom stereocenters. The fourth-order valence-corrected chi connectivity index (χ4v) is 2.89. The number of nitrogens with one attached hydrogen (secondary N) is 1. The van der Waals surface area contributed by atoms with Gasteiger partial charge in [-0.2, -0.15) is 0 Å². The van der Waals surface area contributed by atoms with Crippen LogP contribution >= 0.6 is 0 Å². The molecule has 0 bridgehead atoms. The van der Waals surface area contributed by atoms with Crippen molar-refractivity contribution in [3.63, 3.8) is 0 Å². The number of amides is 3. The summed E-state index contributed by atoms with van der Waals surface area (Å²) in [6.45, 7) is 2.79. The number of para-hydroxylation sites is 1. The molecule has 1 saturated heterocycles. The summed E-state index contributed by atoms with van der Waals surface area (Å²) >= 11 is 0. The molecule has 6 nitrogen and oxygen atoms in total. The molecule has 0 spiro atoms. The van der Waals surface area contributed by atoms with Crippen molar-refractivity contribution < 1.29 is 9.59 Å². The lowest BCUT2D eigenvalue weighted by Gasteiger charge is -2.34. The molecule has 3 amide bonds. The number of likely N-dealkylation sites (N-methyl/N-ethyl adjacent to an activating group) is 1. The Morgan fingerprint density at radius 1 is 1.26 bits per heavy atom. The van der Waals surface area contributed by atoms with Crippen molar-refractivity contribution in [1.82, 2.24) is 15.1 Å². The predicted molar refractivity (Wildman–Crippen MR) is 89.4 cm³/mol. The minimum atomic E-state index is -0.143. The van der Waals surface area contributed by atoms with Gasteiger partial charge < -0.3 is 20.0 Å². The van der Waals surface area contributed by atoms with Crippen molar-refractivity contribution >= 4 is 17.6 Å². The van der Waals surface area contributed by atoms with Gasteiger partial charge in [0.25, 0.3) is 0 Å². The molecule has 1 aliphatic carbocycles. The number of carbonyl (C=O) groups excluding carboxylic acids is 2. The van der Waals surface area contributed by atoms with Crippen molar-refractivity contribution in [3.05, 3.63) is 30.3 Å². The van der Waals surface area contributed by atoms with Gasteiger partial charge in [-0.25, -0.2) is 4.79 Å². The number of carbonyl (C=O) groups is 2. The Labute approximate surface area is 137 Å². The molecule has 0 radical (unpaired) electrons. The molecule has 2 fully saturated rings. The van der Waals surface area contributed by atoms with Gasteiger partial charge in [-0.05, 0) is 25.0 Å². The van der Waals surface area contributed by atoms with Crippen molar-refractivity contribution in [2.75, 3.05) is 44.7 Å². The highest BCUT2D eigenvalue weighted by atomic mass is 16.2. The first-order chi connectivity index (χ1) is 11.1. The Morgan fingerprint density at radius 2 is 2.00 bits per heavy atom. The molecule has 0 aromatic heterocycles. The van der Waals surface area contributed by atoms with Crippen molar-refractivity contribution in [2.24, 2.45) is 0 Å². The van der Waals surface area contributed by atoms with Crippen molar-refractivity contribution in [2.45, 2.75) is 18.9 Å². The van der Waals surface area contributed by atoms with Crippen LogP contribution in [0.5, 0.6) is 0 Å². The van der Waals surface area contributed by atoms with E-state index in [4.69, 9.17) is 0 Å². The van der Waals surface area contributed by atoms with E-state index in [1.807, 2.05) is 42.3 Å². The number of nitrogens with zero attached hydrogens (tertiary/aromatic N) is 3. The molecule has 1 aliphatic heterocycles. The maximum atomic E-state index is 12.2. The molecule has 1 heterocycles. The van der Waals surface area contributed by atoms with E-state index in [0.29, 0.717) is 25.7 Å². The second-order valence-corrected chi connectivity index (χ2v) is 6.23. The van der Waals surface area contributed by atoms with Crippen LogP contribution in [0.4, 0.5) is 10.5 Å². The first kappa shape index (κ1) is 15.6. The van der Waals surface area contributed by atoms with Gasteiger partial charge in [0.1, 0.15) is 6.54 Å². The zero-order valence-electron chi connectivity index (χ0n) is 13.6. The first-order valence-electron chi connectivity index (χ1n) is 8.23. The van der Waals surface area contributed by atoms with E-state index in [9.17, 15) is 9.59 Å². The van der Waals surface area contributed by atoms with E-state index in [2.05, 4.69) is 10.2 Å². The molecular weight excluding hydrogens is 292 g/mol. The number of hydrogen-bond donors (Lipinski definition) is 1. The maximum Gasteiger partial charge on any atom is 0.317 e. The van der Waals surface area contributed by atoms with E-state index < -0.39 is 0 Å². The Hall–Kier alpha value is -2.24. The highest BCUT2D eigenvalue weighted by Crippen LogP contribution is 2.27. The van der Waals surface area contributed by atoms with Gasteiger partial charge in [0.05, 0.1) is 0 Å². The van der Waals surface area contributed by atoms with Crippen LogP contribution in [0.15, 0.2) is 30.3 Å². The van der Waals surface area contributed by atoms with Gasteiger partial charge in [0.15, 0.2) is 0 Å². The number of rotatable bonds is 5. The second kappa shape index (κ2) is 6.89. The van der Waals surface area contributed by atoms with Crippen LogP contribution in [0.3, 0.4) is 0 Å². The van der Waals surface area contributed by atoms with Crippen molar-refractivity contribution in [1.29, 1.82) is 0 Å². The predicted octanol–water partition coefficient (Wildman–Crippen LogP) is 1.14. The van der Waals surface area contributed by atoms with Crippen LogP contribution in [-0.4, -0.2) is 67.6 Å². The molecule has 1 N–H and O–H groups in total. The summed E-state index contributed by atoms with van der Waals surface area (Å²) < 4.78 is 0. The molecule has 1 aromatic rings. The van der Waals surface area contributed by atoms with Crippen LogP contribution in [-0.2, 0) is 4.79 Å². The van der Waals surface area contributed by atoms with E-state index in [1.54, 1.807) is 4.90 Å². The minimum absolute atomic E-state index is 0.0790. The quantitative estimate of drug-likeness (QED) is 0.886. The largest absolute Gasteiger partial charge is 0.373 e. The smallest absolute Gasteiger partial charge is 0.317 e. The first-order valence-corrected chi connectivity index (χ1v) is 8.23. The van der Waals surface area contributed by atoms with Gasteiger partial charge in [-0.1, -0.05) is 18.2 Å². The van der Waals surface area contributed by atoms with Crippen LogP contribution < -0.4 is 10.2 Å². The van der Waals surface area contributed by atoms with Gasteiger partial charge in [0, 0.05) is 45.0 Å². The van der Waals surface area contributed by atoms with E-state index in [1.165, 1.54) is 0 Å². The summed E-state index contributed by atoms with van der Waals surface area (Å²) in [6, 6.07) is 10.3. The normalized spacial score (nSPS) is 18.0. The maximum absolute atomic E-state index is 12.2. The van der Waals surface area contributed by atoms with Gasteiger partial charge >= 0.3 is 6.03 Å². The Balaban J connectivity index is 1.40. The number of piperazine rings is 1.